The van der Waals surface area contributed by atoms with Crippen molar-refractivity contribution in [1.29, 1.82) is 0 Å². The van der Waals surface area contributed by atoms with Crippen LogP contribution in [0.5, 0.6) is 0 Å². The summed E-state index contributed by atoms with van der Waals surface area (Å²) in [6.07, 6.45) is 8.15. The lowest BCUT2D eigenvalue weighted by atomic mass is 9.78. The molecule has 4 aromatic rings. The number of hydrogen-bond acceptors (Lipinski definition) is 6. The predicted octanol–water partition coefficient (Wildman–Crippen LogP) is 5.64. The fourth-order valence-corrected chi connectivity index (χ4v) is 5.58. The quantitative estimate of drug-likeness (QED) is 0.246. The number of amides is 2. The van der Waals surface area contributed by atoms with Crippen LogP contribution in [0.15, 0.2) is 77.5 Å². The number of benzene rings is 2. The second-order valence-corrected chi connectivity index (χ2v) is 10.2. The Labute approximate surface area is 228 Å². The highest BCUT2D eigenvalue weighted by Crippen LogP contribution is 2.42. The van der Waals surface area contributed by atoms with Gasteiger partial charge in [0, 0.05) is 29.9 Å². The first-order valence-electron chi connectivity index (χ1n) is 13.8. The summed E-state index contributed by atoms with van der Waals surface area (Å²) in [5, 5.41) is 9.13. The number of fused-ring (bicyclic) bond motifs is 3. The summed E-state index contributed by atoms with van der Waals surface area (Å²) in [5.74, 6) is 1.60. The standard InChI is InChI=1S/C31H34N6O2/c38-31(34-21-25-7-5-18-39-25)35-24-12-10-22(11-13-24)28-19-23-20-33-30(32-14-6-17-37-15-3-4-16-37)36-29(23)27-9-2-1-8-26(27)28/h1-2,5,7-13,18,20,28H,3-4,6,14-17,19,21H2,(H,32,33,36)(H2,34,35,38). The number of aromatic nitrogens is 2. The Hall–Kier alpha value is -4.17. The average Bonchev–Trinajstić information content (AvgIpc) is 3.69. The maximum Gasteiger partial charge on any atom is 0.319 e. The first-order chi connectivity index (χ1) is 19.2. The Kier molecular flexibility index (Phi) is 7.54. The van der Waals surface area contributed by atoms with Gasteiger partial charge in [0.25, 0.3) is 0 Å². The van der Waals surface area contributed by atoms with Crippen molar-refractivity contribution in [3.05, 3.63) is 95.6 Å². The van der Waals surface area contributed by atoms with E-state index in [-0.39, 0.29) is 11.9 Å². The summed E-state index contributed by atoms with van der Waals surface area (Å²) in [7, 11) is 0. The molecule has 1 fully saturated rings. The third kappa shape index (κ3) is 5.96. The molecule has 8 heteroatoms. The minimum atomic E-state index is -0.270. The van der Waals surface area contributed by atoms with Crippen LogP contribution < -0.4 is 16.0 Å². The second-order valence-electron chi connectivity index (χ2n) is 10.2. The third-order valence-electron chi connectivity index (χ3n) is 7.59. The van der Waals surface area contributed by atoms with Crippen molar-refractivity contribution in [2.75, 3.05) is 36.8 Å². The zero-order valence-corrected chi connectivity index (χ0v) is 22.0. The molecule has 2 aliphatic rings. The van der Waals surface area contributed by atoms with E-state index in [4.69, 9.17) is 9.40 Å². The lowest BCUT2D eigenvalue weighted by molar-refractivity contribution is 0.251. The van der Waals surface area contributed by atoms with Gasteiger partial charge in [0.05, 0.1) is 18.5 Å². The molecule has 200 valence electrons. The lowest BCUT2D eigenvalue weighted by Crippen LogP contribution is -2.28. The molecule has 3 heterocycles. The molecule has 2 aromatic heterocycles. The molecule has 1 saturated heterocycles. The number of rotatable bonds is 9. The first kappa shape index (κ1) is 25.1. The van der Waals surface area contributed by atoms with Gasteiger partial charge in [-0.2, -0.15) is 0 Å². The Morgan fingerprint density at radius 3 is 2.69 bits per heavy atom. The Morgan fingerprint density at radius 1 is 1.03 bits per heavy atom. The summed E-state index contributed by atoms with van der Waals surface area (Å²) < 4.78 is 5.26. The minimum absolute atomic E-state index is 0.193. The van der Waals surface area contributed by atoms with Crippen LogP contribution in [0.2, 0.25) is 0 Å². The number of urea groups is 1. The van der Waals surface area contributed by atoms with Crippen molar-refractivity contribution in [2.24, 2.45) is 0 Å². The van der Waals surface area contributed by atoms with E-state index in [9.17, 15) is 4.79 Å². The van der Waals surface area contributed by atoms with E-state index in [1.165, 1.54) is 37.1 Å². The molecule has 39 heavy (non-hydrogen) atoms. The second kappa shape index (κ2) is 11.7. The van der Waals surface area contributed by atoms with Gasteiger partial charge in [0.2, 0.25) is 5.95 Å². The molecular formula is C31H34N6O2. The molecule has 1 aliphatic carbocycles. The smallest absolute Gasteiger partial charge is 0.319 e. The largest absolute Gasteiger partial charge is 0.467 e. The molecule has 1 atom stereocenters. The van der Waals surface area contributed by atoms with E-state index in [1.807, 2.05) is 24.4 Å². The fourth-order valence-electron chi connectivity index (χ4n) is 5.58. The summed E-state index contributed by atoms with van der Waals surface area (Å²) in [6, 6.07) is 20.0. The average molecular weight is 523 g/mol. The minimum Gasteiger partial charge on any atom is -0.467 e. The van der Waals surface area contributed by atoms with Gasteiger partial charge in [0.1, 0.15) is 5.76 Å². The highest BCUT2D eigenvalue weighted by Gasteiger charge is 2.27. The Morgan fingerprint density at radius 2 is 1.87 bits per heavy atom. The molecule has 0 radical (unpaired) electrons. The highest BCUT2D eigenvalue weighted by atomic mass is 16.3. The van der Waals surface area contributed by atoms with Crippen LogP contribution in [-0.2, 0) is 13.0 Å². The Bertz CT molecular complexity index is 1400. The first-order valence-corrected chi connectivity index (χ1v) is 13.8. The van der Waals surface area contributed by atoms with Crippen molar-refractivity contribution < 1.29 is 9.21 Å². The number of nitrogens with zero attached hydrogens (tertiary/aromatic N) is 3. The number of carbonyl (C=O) groups excluding carboxylic acids is 1. The third-order valence-corrected chi connectivity index (χ3v) is 7.59. The molecular weight excluding hydrogens is 488 g/mol. The van der Waals surface area contributed by atoms with Crippen LogP contribution in [0.25, 0.3) is 11.3 Å². The summed E-state index contributed by atoms with van der Waals surface area (Å²) in [4.78, 5) is 24.4. The normalized spacial score (nSPS) is 16.4. The molecule has 0 saturated carbocycles. The molecule has 0 bridgehead atoms. The van der Waals surface area contributed by atoms with Gasteiger partial charge in [-0.15, -0.1) is 0 Å². The number of hydrogen-bond donors (Lipinski definition) is 3. The number of nitrogens with one attached hydrogen (secondary N) is 3. The fraction of sp³-hybridized carbons (Fsp3) is 0.323. The number of likely N-dealkylation sites (tertiary alicyclic amines) is 1. The van der Waals surface area contributed by atoms with E-state index in [0.717, 1.165) is 48.4 Å². The van der Waals surface area contributed by atoms with E-state index in [1.54, 1.807) is 12.3 Å². The lowest BCUT2D eigenvalue weighted by Gasteiger charge is -2.27. The number of carbonyl (C=O) groups is 1. The SMILES string of the molecule is O=C(NCc1ccco1)Nc1ccc(C2Cc3cnc(NCCCN4CCCC4)nc3-c3ccccc32)cc1. The van der Waals surface area contributed by atoms with Crippen molar-refractivity contribution in [3.63, 3.8) is 0 Å². The zero-order valence-electron chi connectivity index (χ0n) is 22.0. The molecule has 2 amide bonds. The van der Waals surface area contributed by atoms with Crippen LogP contribution in [0.1, 0.15) is 47.6 Å². The van der Waals surface area contributed by atoms with Gasteiger partial charge in [-0.05, 0) is 86.3 Å². The van der Waals surface area contributed by atoms with Crippen LogP contribution in [-0.4, -0.2) is 47.1 Å². The molecule has 0 spiro atoms. The molecule has 2 aromatic carbocycles. The molecule has 3 N–H and O–H groups in total. The van der Waals surface area contributed by atoms with E-state index in [2.05, 4.69) is 62.2 Å². The number of furan rings is 1. The van der Waals surface area contributed by atoms with Gasteiger partial charge < -0.3 is 25.3 Å². The summed E-state index contributed by atoms with van der Waals surface area (Å²) in [5.41, 5.74) is 6.53. The topological polar surface area (TPSA) is 95.3 Å². The zero-order chi connectivity index (χ0) is 26.4. The van der Waals surface area contributed by atoms with Crippen molar-refractivity contribution in [1.82, 2.24) is 20.2 Å². The predicted molar refractivity (Wildman–Crippen MR) is 153 cm³/mol. The van der Waals surface area contributed by atoms with E-state index in [0.29, 0.717) is 18.3 Å². The van der Waals surface area contributed by atoms with E-state index >= 15 is 0 Å². The highest BCUT2D eigenvalue weighted by molar-refractivity contribution is 5.89. The van der Waals surface area contributed by atoms with Crippen molar-refractivity contribution >= 4 is 17.7 Å². The molecule has 6 rings (SSSR count). The molecule has 1 unspecified atom stereocenters. The monoisotopic (exact) mass is 522 g/mol. The van der Waals surface area contributed by atoms with Crippen LogP contribution in [0, 0.1) is 0 Å². The van der Waals surface area contributed by atoms with Gasteiger partial charge >= 0.3 is 6.03 Å². The van der Waals surface area contributed by atoms with Gasteiger partial charge in [-0.3, -0.25) is 0 Å². The van der Waals surface area contributed by atoms with E-state index < -0.39 is 0 Å². The maximum absolute atomic E-state index is 12.3. The van der Waals surface area contributed by atoms with Crippen molar-refractivity contribution in [2.45, 2.75) is 38.1 Å². The van der Waals surface area contributed by atoms with Crippen molar-refractivity contribution in [3.8, 4) is 11.3 Å². The van der Waals surface area contributed by atoms with Gasteiger partial charge in [-0.1, -0.05) is 36.4 Å². The summed E-state index contributed by atoms with van der Waals surface area (Å²) in [6.45, 7) is 4.81. The van der Waals surface area contributed by atoms with Crippen LogP contribution in [0.4, 0.5) is 16.4 Å². The van der Waals surface area contributed by atoms with Gasteiger partial charge in [0.15, 0.2) is 0 Å². The molecule has 8 nitrogen and oxygen atoms in total. The van der Waals surface area contributed by atoms with Crippen LogP contribution >= 0.6 is 0 Å². The van der Waals surface area contributed by atoms with Gasteiger partial charge in [-0.25, -0.2) is 14.8 Å². The maximum atomic E-state index is 12.3. The summed E-state index contributed by atoms with van der Waals surface area (Å²) >= 11 is 0. The van der Waals surface area contributed by atoms with Crippen LogP contribution in [0.3, 0.4) is 0 Å². The Balaban J connectivity index is 1.11. The molecule has 1 aliphatic heterocycles. The number of anilines is 2.